The van der Waals surface area contributed by atoms with E-state index >= 15 is 0 Å². The third-order valence-corrected chi connectivity index (χ3v) is 3.94. The maximum Gasteiger partial charge on any atom is 0.128 e. The largest absolute Gasteiger partial charge is 0.310 e. The molecule has 1 heterocycles. The number of hydrogen-bond acceptors (Lipinski definition) is 3. The van der Waals surface area contributed by atoms with Crippen molar-refractivity contribution < 1.29 is 4.39 Å². The van der Waals surface area contributed by atoms with E-state index in [9.17, 15) is 4.39 Å². The lowest BCUT2D eigenvalue weighted by Gasteiger charge is -2.18. The molecule has 1 N–H and O–H groups in total. The minimum atomic E-state index is -0.180. The summed E-state index contributed by atoms with van der Waals surface area (Å²) in [5.41, 5.74) is 0.682. The van der Waals surface area contributed by atoms with E-state index in [1.165, 1.54) is 6.07 Å². The Morgan fingerprint density at radius 2 is 2.33 bits per heavy atom. The summed E-state index contributed by atoms with van der Waals surface area (Å²) in [5.74, 6) is -0.180. The first kappa shape index (κ1) is 13.6. The molecule has 0 aliphatic carbocycles. The number of rotatable bonds is 5. The highest BCUT2D eigenvalue weighted by molar-refractivity contribution is 9.10. The Morgan fingerprint density at radius 1 is 1.50 bits per heavy atom. The lowest BCUT2D eigenvalue weighted by Crippen LogP contribution is -2.24. The van der Waals surface area contributed by atoms with Gasteiger partial charge >= 0.3 is 0 Å². The van der Waals surface area contributed by atoms with Crippen LogP contribution in [0.15, 0.2) is 34.2 Å². The summed E-state index contributed by atoms with van der Waals surface area (Å²) in [5, 5.41) is 6.27. The molecule has 0 aliphatic heterocycles. The first-order valence-corrected chi connectivity index (χ1v) is 7.44. The van der Waals surface area contributed by atoms with Gasteiger partial charge in [-0.15, -0.1) is 11.3 Å². The van der Waals surface area contributed by atoms with E-state index in [0.717, 1.165) is 16.0 Å². The van der Waals surface area contributed by atoms with Crippen LogP contribution in [0.4, 0.5) is 4.39 Å². The predicted octanol–water partition coefficient (Wildman–Crippen LogP) is 3.94. The number of aromatic nitrogens is 1. The Hall–Kier alpha value is -0.780. The molecule has 1 aromatic heterocycles. The summed E-state index contributed by atoms with van der Waals surface area (Å²) in [7, 11) is 0. The topological polar surface area (TPSA) is 24.9 Å². The van der Waals surface area contributed by atoms with Crippen molar-refractivity contribution in [3.8, 4) is 0 Å². The van der Waals surface area contributed by atoms with Crippen LogP contribution in [-0.2, 0) is 6.42 Å². The molecular weight excluding hydrogens is 315 g/mol. The normalized spacial score (nSPS) is 12.6. The monoisotopic (exact) mass is 328 g/mol. The van der Waals surface area contributed by atoms with Crippen LogP contribution < -0.4 is 5.32 Å². The van der Waals surface area contributed by atoms with Gasteiger partial charge in [-0.3, -0.25) is 0 Å². The second-order valence-corrected chi connectivity index (χ2v) is 5.80. The fourth-order valence-corrected chi connectivity index (χ4v) is 2.89. The number of halogens is 2. The second-order valence-electron chi connectivity index (χ2n) is 3.91. The van der Waals surface area contributed by atoms with E-state index in [-0.39, 0.29) is 11.9 Å². The van der Waals surface area contributed by atoms with Gasteiger partial charge in [0.2, 0.25) is 0 Å². The summed E-state index contributed by atoms with van der Waals surface area (Å²) in [6.07, 6.45) is 2.49. The average Bonchev–Trinajstić information content (AvgIpc) is 2.85. The molecule has 1 atom stereocenters. The minimum absolute atomic E-state index is 0.0429. The fraction of sp³-hybridized carbons (Fsp3) is 0.308. The Labute approximate surface area is 118 Å². The highest BCUT2D eigenvalue weighted by Gasteiger charge is 2.16. The van der Waals surface area contributed by atoms with Crippen molar-refractivity contribution in [1.29, 1.82) is 0 Å². The SMILES string of the molecule is CCNC(Cc1nccs1)c1cc(Br)ccc1F. The fourth-order valence-electron chi connectivity index (χ4n) is 1.85. The zero-order chi connectivity index (χ0) is 13.0. The number of nitrogens with zero attached hydrogens (tertiary/aromatic N) is 1. The van der Waals surface area contributed by atoms with Crippen LogP contribution in [0.25, 0.3) is 0 Å². The van der Waals surface area contributed by atoms with Crippen LogP contribution in [-0.4, -0.2) is 11.5 Å². The van der Waals surface area contributed by atoms with Gasteiger partial charge in [-0.2, -0.15) is 0 Å². The summed E-state index contributed by atoms with van der Waals surface area (Å²) in [4.78, 5) is 4.26. The molecule has 0 radical (unpaired) electrons. The maximum atomic E-state index is 13.9. The minimum Gasteiger partial charge on any atom is -0.310 e. The van der Waals surface area contributed by atoms with Crippen LogP contribution in [0.2, 0.25) is 0 Å². The lowest BCUT2D eigenvalue weighted by molar-refractivity contribution is 0.509. The average molecular weight is 329 g/mol. The molecule has 5 heteroatoms. The predicted molar refractivity (Wildman–Crippen MR) is 76.3 cm³/mol. The van der Waals surface area contributed by atoms with Crippen molar-refractivity contribution in [1.82, 2.24) is 10.3 Å². The molecule has 0 spiro atoms. The van der Waals surface area contributed by atoms with Gasteiger partial charge in [-0.05, 0) is 24.7 Å². The molecule has 2 nitrogen and oxygen atoms in total. The molecule has 0 saturated heterocycles. The van der Waals surface area contributed by atoms with Crippen LogP contribution in [0.1, 0.15) is 23.5 Å². The van der Waals surface area contributed by atoms with Crippen LogP contribution in [0.5, 0.6) is 0 Å². The van der Waals surface area contributed by atoms with Crippen LogP contribution in [0.3, 0.4) is 0 Å². The van der Waals surface area contributed by atoms with E-state index in [4.69, 9.17) is 0 Å². The standard InChI is InChI=1S/C13H14BrFN2S/c1-2-16-12(8-13-17-5-6-18-13)10-7-9(14)3-4-11(10)15/h3-7,12,16H,2,8H2,1H3. The molecule has 0 bridgehead atoms. The van der Waals surface area contributed by atoms with Crippen molar-refractivity contribution in [2.45, 2.75) is 19.4 Å². The quantitative estimate of drug-likeness (QED) is 0.899. The second kappa shape index (κ2) is 6.41. The number of nitrogens with one attached hydrogen (secondary N) is 1. The number of benzene rings is 1. The van der Waals surface area contributed by atoms with Gasteiger partial charge in [0, 0.05) is 34.1 Å². The van der Waals surface area contributed by atoms with E-state index in [2.05, 4.69) is 26.2 Å². The van der Waals surface area contributed by atoms with E-state index in [0.29, 0.717) is 12.0 Å². The highest BCUT2D eigenvalue weighted by Crippen LogP contribution is 2.25. The molecule has 0 aliphatic rings. The molecule has 1 aromatic carbocycles. The summed E-state index contributed by atoms with van der Waals surface area (Å²) >= 11 is 4.98. The lowest BCUT2D eigenvalue weighted by atomic mass is 10.0. The first-order chi connectivity index (χ1) is 8.70. The van der Waals surface area contributed by atoms with Crippen molar-refractivity contribution in [2.75, 3.05) is 6.54 Å². The maximum absolute atomic E-state index is 13.9. The van der Waals surface area contributed by atoms with Crippen molar-refractivity contribution >= 4 is 27.3 Å². The van der Waals surface area contributed by atoms with E-state index in [1.807, 2.05) is 18.4 Å². The zero-order valence-corrected chi connectivity index (χ0v) is 12.4. The van der Waals surface area contributed by atoms with Gasteiger partial charge in [-0.25, -0.2) is 9.37 Å². The summed E-state index contributed by atoms with van der Waals surface area (Å²) < 4.78 is 14.8. The summed E-state index contributed by atoms with van der Waals surface area (Å²) in [6.45, 7) is 2.81. The number of hydrogen-bond donors (Lipinski definition) is 1. The number of likely N-dealkylation sites (N-methyl/N-ethyl adjacent to an activating group) is 1. The Bertz CT molecular complexity index is 502. The summed E-state index contributed by atoms with van der Waals surface area (Å²) in [6, 6.07) is 4.99. The van der Waals surface area contributed by atoms with E-state index in [1.54, 1.807) is 23.6 Å². The zero-order valence-electron chi connectivity index (χ0n) is 9.99. The van der Waals surface area contributed by atoms with Crippen molar-refractivity contribution in [2.24, 2.45) is 0 Å². The van der Waals surface area contributed by atoms with Gasteiger partial charge in [0.05, 0.1) is 5.01 Å². The third-order valence-electron chi connectivity index (χ3n) is 2.65. The molecule has 0 fully saturated rings. The van der Waals surface area contributed by atoms with Crippen LogP contribution >= 0.6 is 27.3 Å². The molecule has 2 aromatic rings. The van der Waals surface area contributed by atoms with Gasteiger partial charge in [-0.1, -0.05) is 22.9 Å². The molecule has 0 amide bonds. The van der Waals surface area contributed by atoms with Crippen molar-refractivity contribution in [3.05, 3.63) is 50.6 Å². The van der Waals surface area contributed by atoms with Gasteiger partial charge < -0.3 is 5.32 Å². The molecule has 2 rings (SSSR count). The molecular formula is C13H14BrFN2S. The van der Waals surface area contributed by atoms with Gasteiger partial charge in [0.15, 0.2) is 0 Å². The number of thiazole rings is 1. The highest BCUT2D eigenvalue weighted by atomic mass is 79.9. The Kier molecular flexibility index (Phi) is 4.86. The first-order valence-electron chi connectivity index (χ1n) is 5.77. The van der Waals surface area contributed by atoms with Crippen LogP contribution in [0, 0.1) is 5.82 Å². The molecule has 18 heavy (non-hydrogen) atoms. The molecule has 1 unspecified atom stereocenters. The molecule has 96 valence electrons. The van der Waals surface area contributed by atoms with Gasteiger partial charge in [0.1, 0.15) is 5.82 Å². The third kappa shape index (κ3) is 3.37. The van der Waals surface area contributed by atoms with E-state index < -0.39 is 0 Å². The Balaban J connectivity index is 2.26. The Morgan fingerprint density at radius 3 is 3.00 bits per heavy atom. The van der Waals surface area contributed by atoms with Crippen molar-refractivity contribution in [3.63, 3.8) is 0 Å². The molecule has 0 saturated carbocycles. The smallest absolute Gasteiger partial charge is 0.128 e. The van der Waals surface area contributed by atoms with Gasteiger partial charge in [0.25, 0.3) is 0 Å².